The molecule has 1 aromatic carbocycles. The summed E-state index contributed by atoms with van der Waals surface area (Å²) in [5.41, 5.74) is 1.64. The van der Waals surface area contributed by atoms with E-state index in [0.29, 0.717) is 57.5 Å². The number of fused-ring (bicyclic) bond motifs is 5. The Morgan fingerprint density at radius 2 is 2.00 bits per heavy atom. The summed E-state index contributed by atoms with van der Waals surface area (Å²) in [7, 11) is 1.74. The zero-order valence-corrected chi connectivity index (χ0v) is 24.3. The number of hydrogen-bond acceptors (Lipinski definition) is 6. The third-order valence-electron chi connectivity index (χ3n) is 8.28. The molecule has 0 radical (unpaired) electrons. The minimum atomic E-state index is -0.871. The standard InChI is InChI=1S/C28H33BrN8O4/c1-35-27(40)32-25-24-21(37-20(26(39)31-24)11-12-22(37)29)15-28(25,35)41-14-6-9-19-17-36(34-33-19)13-5-10-23(38)30-16-18-7-3-2-4-8-18/h2-4,7-8,11-12,17,21,24-25H,5-6,9-10,13-16H2,1H3,(H,30,38)(H,31,39)(H,32,40)/t21-,24-,25+,28+/m1/s1. The average Bonchev–Trinajstić information content (AvgIpc) is 3.71. The Kier molecular flexibility index (Phi) is 7.56. The van der Waals surface area contributed by atoms with Crippen molar-refractivity contribution in [2.24, 2.45) is 0 Å². The van der Waals surface area contributed by atoms with Crippen LogP contribution in [0.2, 0.25) is 0 Å². The predicted molar refractivity (Wildman–Crippen MR) is 152 cm³/mol. The van der Waals surface area contributed by atoms with E-state index in [1.807, 2.05) is 47.2 Å². The number of nitrogens with zero attached hydrogens (tertiary/aromatic N) is 5. The summed E-state index contributed by atoms with van der Waals surface area (Å²) in [6.07, 6.45) is 4.90. The molecule has 0 bridgehead atoms. The zero-order chi connectivity index (χ0) is 28.6. The van der Waals surface area contributed by atoms with Crippen LogP contribution in [0.4, 0.5) is 4.79 Å². The quantitative estimate of drug-likeness (QED) is 0.280. The minimum absolute atomic E-state index is 0.0144. The fourth-order valence-corrected chi connectivity index (χ4v) is 6.79. The van der Waals surface area contributed by atoms with E-state index in [-0.39, 0.29) is 36.0 Å². The molecule has 3 aromatic rings. The van der Waals surface area contributed by atoms with Gasteiger partial charge in [-0.05, 0) is 52.9 Å². The third-order valence-corrected chi connectivity index (χ3v) is 8.93. The molecule has 1 saturated carbocycles. The van der Waals surface area contributed by atoms with Crippen LogP contribution in [-0.4, -0.2) is 73.8 Å². The molecule has 2 aliphatic heterocycles. The second kappa shape index (κ2) is 11.3. The van der Waals surface area contributed by atoms with Gasteiger partial charge in [0, 0.05) is 45.8 Å². The smallest absolute Gasteiger partial charge is 0.319 e. The van der Waals surface area contributed by atoms with E-state index >= 15 is 0 Å². The maximum Gasteiger partial charge on any atom is 0.319 e. The van der Waals surface area contributed by atoms with E-state index in [4.69, 9.17) is 4.74 Å². The number of ether oxygens (including phenoxy) is 1. The van der Waals surface area contributed by atoms with Crippen molar-refractivity contribution in [3.63, 3.8) is 0 Å². The molecule has 0 unspecified atom stereocenters. The summed E-state index contributed by atoms with van der Waals surface area (Å²) in [6, 6.07) is 12.6. The van der Waals surface area contributed by atoms with Crippen molar-refractivity contribution in [1.82, 2.24) is 40.4 Å². The molecule has 6 rings (SSSR count). The van der Waals surface area contributed by atoms with Crippen molar-refractivity contribution in [2.45, 2.75) is 69.0 Å². The highest BCUT2D eigenvalue weighted by atomic mass is 79.9. The summed E-state index contributed by atoms with van der Waals surface area (Å²) in [4.78, 5) is 39.2. The number of amides is 4. The van der Waals surface area contributed by atoms with Crippen LogP contribution in [0.15, 0.2) is 53.3 Å². The Balaban J connectivity index is 0.987. The van der Waals surface area contributed by atoms with Crippen molar-refractivity contribution >= 4 is 33.8 Å². The number of benzene rings is 1. The number of aryl methyl sites for hydroxylation is 2. The molecule has 2 aromatic heterocycles. The lowest BCUT2D eigenvalue weighted by Crippen LogP contribution is -2.57. The Morgan fingerprint density at radius 3 is 2.83 bits per heavy atom. The summed E-state index contributed by atoms with van der Waals surface area (Å²) >= 11 is 3.58. The Bertz CT molecular complexity index is 1440. The number of halogens is 1. The molecule has 13 heteroatoms. The molecule has 4 amide bonds. The molecule has 0 spiro atoms. The topological polar surface area (TPSA) is 135 Å². The lowest BCUT2D eigenvalue weighted by molar-refractivity contribution is -0.121. The maximum absolute atomic E-state index is 12.7. The first kappa shape index (κ1) is 27.5. The maximum atomic E-state index is 12.7. The summed E-state index contributed by atoms with van der Waals surface area (Å²) in [6.45, 7) is 1.55. The van der Waals surface area contributed by atoms with Gasteiger partial charge in [0.1, 0.15) is 11.7 Å². The van der Waals surface area contributed by atoms with Crippen LogP contribution in [-0.2, 0) is 29.0 Å². The molecule has 216 valence electrons. The van der Waals surface area contributed by atoms with Crippen LogP contribution in [0, 0.1) is 0 Å². The van der Waals surface area contributed by atoms with E-state index in [0.717, 1.165) is 15.9 Å². The summed E-state index contributed by atoms with van der Waals surface area (Å²) < 4.78 is 11.1. The molecule has 4 atom stereocenters. The summed E-state index contributed by atoms with van der Waals surface area (Å²) in [5.74, 6) is -0.145. The van der Waals surface area contributed by atoms with Crippen LogP contribution in [0.3, 0.4) is 0 Å². The van der Waals surface area contributed by atoms with Gasteiger partial charge in [0.05, 0.1) is 22.4 Å². The highest BCUT2D eigenvalue weighted by molar-refractivity contribution is 9.10. The zero-order valence-electron chi connectivity index (χ0n) is 22.8. The van der Waals surface area contributed by atoms with Gasteiger partial charge in [-0.3, -0.25) is 19.2 Å². The van der Waals surface area contributed by atoms with Gasteiger partial charge in [-0.2, -0.15) is 0 Å². The second-order valence-corrected chi connectivity index (χ2v) is 11.6. The first-order valence-corrected chi connectivity index (χ1v) is 14.7. The Hall–Kier alpha value is -3.71. The SMILES string of the molecule is CN1C(=O)N[C@H]2[C@@H]3NC(=O)c4ccc(Br)n4[C@@H]3C[C@]21OCCCc1cn(CCCC(=O)NCc2ccccc2)nn1. The van der Waals surface area contributed by atoms with Crippen molar-refractivity contribution in [3.05, 3.63) is 70.2 Å². The van der Waals surface area contributed by atoms with Gasteiger partial charge < -0.3 is 25.3 Å². The van der Waals surface area contributed by atoms with Crippen LogP contribution < -0.4 is 16.0 Å². The lowest BCUT2D eigenvalue weighted by atomic mass is 10.0. The molecule has 12 nitrogen and oxygen atoms in total. The molecule has 1 aliphatic carbocycles. The van der Waals surface area contributed by atoms with Crippen molar-refractivity contribution in [1.29, 1.82) is 0 Å². The van der Waals surface area contributed by atoms with Gasteiger partial charge in [0.25, 0.3) is 5.91 Å². The monoisotopic (exact) mass is 624 g/mol. The first-order chi connectivity index (χ1) is 19.9. The van der Waals surface area contributed by atoms with Crippen LogP contribution in [0.1, 0.15) is 53.5 Å². The van der Waals surface area contributed by atoms with Gasteiger partial charge in [-0.15, -0.1) is 5.10 Å². The van der Waals surface area contributed by atoms with Crippen LogP contribution >= 0.6 is 15.9 Å². The first-order valence-electron chi connectivity index (χ1n) is 13.9. The molecule has 2 fully saturated rings. The van der Waals surface area contributed by atoms with E-state index in [2.05, 4.69) is 42.2 Å². The summed E-state index contributed by atoms with van der Waals surface area (Å²) in [5, 5.41) is 17.5. The number of aromatic nitrogens is 4. The number of hydrogen-bond donors (Lipinski definition) is 3. The van der Waals surface area contributed by atoms with Crippen molar-refractivity contribution < 1.29 is 19.1 Å². The van der Waals surface area contributed by atoms with Crippen molar-refractivity contribution in [2.75, 3.05) is 13.7 Å². The second-order valence-electron chi connectivity index (χ2n) is 10.8. The number of urea groups is 1. The minimum Gasteiger partial charge on any atom is -0.353 e. The van der Waals surface area contributed by atoms with E-state index in [9.17, 15) is 14.4 Å². The molecule has 3 N–H and O–H groups in total. The number of rotatable bonds is 11. The van der Waals surface area contributed by atoms with Crippen molar-refractivity contribution in [3.8, 4) is 0 Å². The molecule has 1 saturated heterocycles. The number of carbonyl (C=O) groups is 3. The molecular formula is C28H33BrN8O4. The highest BCUT2D eigenvalue weighted by Crippen LogP contribution is 2.48. The Labute approximate surface area is 245 Å². The average molecular weight is 626 g/mol. The van der Waals surface area contributed by atoms with Gasteiger partial charge in [-0.25, -0.2) is 4.79 Å². The third kappa shape index (κ3) is 5.23. The Morgan fingerprint density at radius 1 is 1.17 bits per heavy atom. The highest BCUT2D eigenvalue weighted by Gasteiger charge is 2.65. The van der Waals surface area contributed by atoms with Gasteiger partial charge >= 0.3 is 6.03 Å². The predicted octanol–water partition coefficient (Wildman–Crippen LogP) is 2.36. The van der Waals surface area contributed by atoms with E-state index in [1.165, 1.54) is 0 Å². The number of likely N-dealkylation sites (N-methyl/N-ethyl adjacent to an activating group) is 1. The van der Waals surface area contributed by atoms with Crippen LogP contribution in [0.5, 0.6) is 0 Å². The molecule has 3 aliphatic rings. The van der Waals surface area contributed by atoms with Gasteiger partial charge in [0.2, 0.25) is 5.91 Å². The number of carbonyl (C=O) groups excluding carboxylic acids is 3. The van der Waals surface area contributed by atoms with E-state index < -0.39 is 5.72 Å². The fourth-order valence-electron chi connectivity index (χ4n) is 6.21. The van der Waals surface area contributed by atoms with Gasteiger partial charge in [0.15, 0.2) is 5.72 Å². The molecule has 4 heterocycles. The normalized spacial score (nSPS) is 24.4. The van der Waals surface area contributed by atoms with E-state index in [1.54, 1.807) is 22.7 Å². The largest absolute Gasteiger partial charge is 0.353 e. The van der Waals surface area contributed by atoms with Crippen LogP contribution in [0.25, 0.3) is 0 Å². The molecule has 41 heavy (non-hydrogen) atoms. The van der Waals surface area contributed by atoms with Gasteiger partial charge in [-0.1, -0.05) is 35.5 Å². The number of nitrogens with one attached hydrogen (secondary N) is 3. The molecular weight excluding hydrogens is 592 g/mol. The lowest BCUT2D eigenvalue weighted by Gasteiger charge is -2.34. The fraction of sp³-hybridized carbons (Fsp3) is 0.464.